The van der Waals surface area contributed by atoms with Crippen molar-refractivity contribution in [2.45, 2.75) is 20.8 Å². The van der Waals surface area contributed by atoms with E-state index in [9.17, 15) is 9.18 Å². The zero-order valence-corrected chi connectivity index (χ0v) is 13.8. The van der Waals surface area contributed by atoms with Crippen molar-refractivity contribution in [2.24, 2.45) is 0 Å². The molecule has 0 saturated carbocycles. The van der Waals surface area contributed by atoms with Gasteiger partial charge in [-0.3, -0.25) is 4.79 Å². The van der Waals surface area contributed by atoms with Crippen LogP contribution in [0.5, 0.6) is 0 Å². The number of hydrogen-bond acceptors (Lipinski definition) is 3. The molecule has 0 bridgehead atoms. The Bertz CT molecular complexity index is 664. The molecule has 5 nitrogen and oxygen atoms in total. The van der Waals surface area contributed by atoms with Crippen LogP contribution in [0.4, 0.5) is 4.39 Å². The van der Waals surface area contributed by atoms with Gasteiger partial charge in [0.25, 0.3) is 5.91 Å². The monoisotopic (exact) mass is 318 g/mol. The van der Waals surface area contributed by atoms with Crippen LogP contribution in [0.1, 0.15) is 29.9 Å². The third kappa shape index (κ3) is 3.96. The van der Waals surface area contributed by atoms with Crippen LogP contribution >= 0.6 is 0 Å². The Kier molecular flexibility index (Phi) is 5.87. The molecular formula is C17H23FN4O. The average molecular weight is 318 g/mol. The van der Waals surface area contributed by atoms with E-state index in [2.05, 4.69) is 29.2 Å². The first-order valence-corrected chi connectivity index (χ1v) is 7.88. The Balaban J connectivity index is 2.07. The molecule has 23 heavy (non-hydrogen) atoms. The van der Waals surface area contributed by atoms with Gasteiger partial charge in [-0.1, -0.05) is 26.0 Å². The van der Waals surface area contributed by atoms with E-state index < -0.39 is 0 Å². The molecular weight excluding hydrogens is 295 g/mol. The predicted octanol–water partition coefficient (Wildman–Crippen LogP) is 2.39. The maximum absolute atomic E-state index is 13.9. The molecule has 1 aromatic carbocycles. The van der Waals surface area contributed by atoms with E-state index in [0.717, 1.165) is 19.6 Å². The summed E-state index contributed by atoms with van der Waals surface area (Å²) in [6.07, 6.45) is 1.48. The number of benzene rings is 1. The highest BCUT2D eigenvalue weighted by molar-refractivity contribution is 5.95. The van der Waals surface area contributed by atoms with Crippen LogP contribution in [0.15, 0.2) is 30.5 Å². The lowest BCUT2D eigenvalue weighted by atomic mass is 10.2. The maximum Gasteiger partial charge on any atom is 0.254 e. The number of rotatable bonds is 7. The molecule has 2 aromatic rings. The SMILES string of the molecule is CCN(CC)CCNC(=O)c1cnn(-c2ccccc2F)c1C. The van der Waals surface area contributed by atoms with E-state index >= 15 is 0 Å². The van der Waals surface area contributed by atoms with E-state index in [4.69, 9.17) is 0 Å². The summed E-state index contributed by atoms with van der Waals surface area (Å²) < 4.78 is 15.3. The van der Waals surface area contributed by atoms with Crippen molar-refractivity contribution in [2.75, 3.05) is 26.2 Å². The molecule has 1 N–H and O–H groups in total. The Morgan fingerprint density at radius 1 is 1.30 bits per heavy atom. The van der Waals surface area contributed by atoms with Crippen molar-refractivity contribution >= 4 is 5.91 Å². The average Bonchev–Trinajstić information content (AvgIpc) is 2.93. The van der Waals surface area contributed by atoms with Crippen LogP contribution in [0.3, 0.4) is 0 Å². The first-order chi connectivity index (χ1) is 11.1. The first kappa shape index (κ1) is 17.1. The van der Waals surface area contributed by atoms with Gasteiger partial charge >= 0.3 is 0 Å². The van der Waals surface area contributed by atoms with Gasteiger partial charge in [-0.25, -0.2) is 9.07 Å². The van der Waals surface area contributed by atoms with E-state index in [1.54, 1.807) is 25.1 Å². The van der Waals surface area contributed by atoms with Crippen LogP contribution in [-0.2, 0) is 0 Å². The van der Waals surface area contributed by atoms with E-state index in [1.165, 1.54) is 16.9 Å². The van der Waals surface area contributed by atoms with Crippen molar-refractivity contribution < 1.29 is 9.18 Å². The fourth-order valence-corrected chi connectivity index (χ4v) is 2.46. The lowest BCUT2D eigenvalue weighted by Crippen LogP contribution is -2.34. The second-order valence-corrected chi connectivity index (χ2v) is 5.29. The highest BCUT2D eigenvalue weighted by Gasteiger charge is 2.16. The smallest absolute Gasteiger partial charge is 0.254 e. The Labute approximate surface area is 136 Å². The van der Waals surface area contributed by atoms with Crippen LogP contribution in [0, 0.1) is 12.7 Å². The zero-order valence-electron chi connectivity index (χ0n) is 13.8. The quantitative estimate of drug-likeness (QED) is 0.853. The lowest BCUT2D eigenvalue weighted by Gasteiger charge is -2.17. The predicted molar refractivity (Wildman–Crippen MR) is 88.4 cm³/mol. The summed E-state index contributed by atoms with van der Waals surface area (Å²) in [6.45, 7) is 9.23. The molecule has 0 spiro atoms. The number of para-hydroxylation sites is 1. The van der Waals surface area contributed by atoms with E-state index in [-0.39, 0.29) is 11.7 Å². The summed E-state index contributed by atoms with van der Waals surface area (Å²) in [6, 6.07) is 6.37. The summed E-state index contributed by atoms with van der Waals surface area (Å²) in [7, 11) is 0. The van der Waals surface area contributed by atoms with Crippen molar-refractivity contribution in [3.05, 3.63) is 47.5 Å². The van der Waals surface area contributed by atoms with Crippen molar-refractivity contribution in [1.29, 1.82) is 0 Å². The summed E-state index contributed by atoms with van der Waals surface area (Å²) in [5.41, 5.74) is 1.43. The maximum atomic E-state index is 13.9. The largest absolute Gasteiger partial charge is 0.351 e. The number of carbonyl (C=O) groups is 1. The molecule has 6 heteroatoms. The van der Waals surface area contributed by atoms with Crippen LogP contribution in [0.25, 0.3) is 5.69 Å². The second-order valence-electron chi connectivity index (χ2n) is 5.29. The molecule has 0 aliphatic carbocycles. The summed E-state index contributed by atoms with van der Waals surface area (Å²) in [4.78, 5) is 14.5. The highest BCUT2D eigenvalue weighted by atomic mass is 19.1. The van der Waals surface area contributed by atoms with Crippen molar-refractivity contribution in [1.82, 2.24) is 20.0 Å². The summed E-state index contributed by atoms with van der Waals surface area (Å²) in [5, 5.41) is 7.04. The lowest BCUT2D eigenvalue weighted by molar-refractivity contribution is 0.0948. The topological polar surface area (TPSA) is 50.2 Å². The Morgan fingerprint density at radius 2 is 2.00 bits per heavy atom. The van der Waals surface area contributed by atoms with Gasteiger partial charge in [0.15, 0.2) is 0 Å². The molecule has 0 saturated heterocycles. The number of carbonyl (C=O) groups excluding carboxylic acids is 1. The van der Waals surface area contributed by atoms with Gasteiger partial charge in [0.2, 0.25) is 0 Å². The van der Waals surface area contributed by atoms with E-state index in [1.807, 2.05) is 0 Å². The van der Waals surface area contributed by atoms with Crippen LogP contribution < -0.4 is 5.32 Å². The molecule has 0 unspecified atom stereocenters. The first-order valence-electron chi connectivity index (χ1n) is 7.88. The number of likely N-dealkylation sites (N-methyl/N-ethyl adjacent to an activating group) is 1. The molecule has 0 atom stereocenters. The van der Waals surface area contributed by atoms with Crippen LogP contribution in [-0.4, -0.2) is 46.8 Å². The summed E-state index contributed by atoms with van der Waals surface area (Å²) >= 11 is 0. The Hall–Kier alpha value is -2.21. The van der Waals surface area contributed by atoms with Gasteiger partial charge in [0.1, 0.15) is 11.5 Å². The minimum atomic E-state index is -0.368. The molecule has 2 rings (SSSR count). The van der Waals surface area contributed by atoms with Crippen molar-refractivity contribution in [3.8, 4) is 5.69 Å². The molecule has 1 heterocycles. The molecule has 1 aromatic heterocycles. The minimum absolute atomic E-state index is 0.183. The van der Waals surface area contributed by atoms with Gasteiger partial charge in [-0.2, -0.15) is 5.10 Å². The number of halogens is 1. The zero-order chi connectivity index (χ0) is 16.8. The minimum Gasteiger partial charge on any atom is -0.351 e. The third-order valence-electron chi connectivity index (χ3n) is 3.94. The second kappa shape index (κ2) is 7.87. The van der Waals surface area contributed by atoms with Gasteiger partial charge in [0, 0.05) is 13.1 Å². The molecule has 0 aliphatic rings. The molecule has 0 radical (unpaired) electrons. The molecule has 0 aliphatic heterocycles. The number of nitrogens with zero attached hydrogens (tertiary/aromatic N) is 3. The number of amides is 1. The number of hydrogen-bond donors (Lipinski definition) is 1. The number of nitrogens with one attached hydrogen (secondary N) is 1. The Morgan fingerprint density at radius 3 is 2.65 bits per heavy atom. The fraction of sp³-hybridized carbons (Fsp3) is 0.412. The molecule has 1 amide bonds. The van der Waals surface area contributed by atoms with Gasteiger partial charge in [0.05, 0.1) is 17.5 Å². The normalized spacial score (nSPS) is 11.0. The molecule has 0 fully saturated rings. The van der Waals surface area contributed by atoms with E-state index in [0.29, 0.717) is 23.5 Å². The summed E-state index contributed by atoms with van der Waals surface area (Å²) in [5.74, 6) is -0.551. The fourth-order valence-electron chi connectivity index (χ4n) is 2.46. The van der Waals surface area contributed by atoms with Gasteiger partial charge < -0.3 is 10.2 Å². The van der Waals surface area contributed by atoms with Crippen LogP contribution in [0.2, 0.25) is 0 Å². The standard InChI is InChI=1S/C17H23FN4O/c1-4-21(5-2)11-10-19-17(23)14-12-20-22(13(14)3)16-9-7-6-8-15(16)18/h6-9,12H,4-5,10-11H2,1-3H3,(H,19,23). The van der Waals surface area contributed by atoms with Crippen molar-refractivity contribution in [3.63, 3.8) is 0 Å². The number of aromatic nitrogens is 2. The highest BCUT2D eigenvalue weighted by Crippen LogP contribution is 2.16. The molecule has 124 valence electrons. The van der Waals surface area contributed by atoms with Gasteiger partial charge in [-0.05, 0) is 32.1 Å². The third-order valence-corrected chi connectivity index (χ3v) is 3.94. The van der Waals surface area contributed by atoms with Gasteiger partial charge in [-0.15, -0.1) is 0 Å².